The number of nitrogens with one attached hydrogen (secondary N) is 1. The van der Waals surface area contributed by atoms with Gasteiger partial charge in [0.1, 0.15) is 4.88 Å². The van der Waals surface area contributed by atoms with Gasteiger partial charge in [-0.05, 0) is 17.9 Å². The van der Waals surface area contributed by atoms with Crippen LogP contribution in [0.5, 0.6) is 0 Å². The van der Waals surface area contributed by atoms with E-state index in [-0.39, 0.29) is 5.91 Å². The van der Waals surface area contributed by atoms with Gasteiger partial charge in [-0.25, -0.2) is 0 Å². The molecule has 0 saturated heterocycles. The van der Waals surface area contributed by atoms with Gasteiger partial charge in [0.2, 0.25) is 0 Å². The molecule has 0 bridgehead atoms. The van der Waals surface area contributed by atoms with E-state index in [1.54, 1.807) is 11.4 Å². The van der Waals surface area contributed by atoms with Crippen LogP contribution in [0.25, 0.3) is 0 Å². The molecule has 0 aliphatic carbocycles. The molecule has 1 N–H and O–H groups in total. The molecule has 3 nitrogen and oxygen atoms in total. The Hall–Kier alpha value is -0.290. The van der Waals surface area contributed by atoms with Crippen molar-refractivity contribution in [1.82, 2.24) is 5.32 Å². The Balaban J connectivity index is 2.14. The van der Waals surface area contributed by atoms with Gasteiger partial charge < -0.3 is 10.1 Å². The lowest BCUT2D eigenvalue weighted by atomic mass is 10.4. The molecule has 0 aliphatic heterocycles. The van der Waals surface area contributed by atoms with E-state index in [0.29, 0.717) is 35.5 Å². The zero-order valence-electron chi connectivity index (χ0n) is 8.67. The van der Waals surface area contributed by atoms with Gasteiger partial charge in [-0.1, -0.05) is 11.6 Å². The second-order valence-corrected chi connectivity index (χ2v) is 4.71. The summed E-state index contributed by atoms with van der Waals surface area (Å²) in [5, 5.41) is 5.07. The number of carbonyl (C=O) groups excluding carboxylic acids is 1. The smallest absolute Gasteiger partial charge is 0.262 e. The van der Waals surface area contributed by atoms with Crippen LogP contribution in [0.1, 0.15) is 16.1 Å². The molecule has 0 aliphatic rings. The third-order valence-corrected chi connectivity index (χ3v) is 3.29. The SMILES string of the molecule is O=C(NCCCOCCCl)c1sccc1Cl. The normalized spacial score (nSPS) is 10.4. The number of alkyl halides is 1. The second-order valence-electron chi connectivity index (χ2n) is 3.01. The van der Waals surface area contributed by atoms with Crippen LogP contribution >= 0.6 is 34.5 Å². The van der Waals surface area contributed by atoms with Crippen molar-refractivity contribution in [2.24, 2.45) is 0 Å². The molecule has 1 aromatic rings. The van der Waals surface area contributed by atoms with Gasteiger partial charge in [-0.15, -0.1) is 22.9 Å². The van der Waals surface area contributed by atoms with Crippen LogP contribution in [0.15, 0.2) is 11.4 Å². The second kappa shape index (κ2) is 7.90. The third-order valence-electron chi connectivity index (χ3n) is 1.80. The number of amides is 1. The molecule has 16 heavy (non-hydrogen) atoms. The predicted octanol–water partition coefficient (Wildman–Crippen LogP) is 2.78. The molecule has 0 aromatic carbocycles. The van der Waals surface area contributed by atoms with E-state index in [2.05, 4.69) is 5.32 Å². The Morgan fingerprint density at radius 3 is 2.94 bits per heavy atom. The summed E-state index contributed by atoms with van der Waals surface area (Å²) in [6, 6.07) is 1.71. The van der Waals surface area contributed by atoms with Crippen LogP contribution in [0.4, 0.5) is 0 Å². The van der Waals surface area contributed by atoms with E-state index in [4.69, 9.17) is 27.9 Å². The fourth-order valence-electron chi connectivity index (χ4n) is 1.07. The van der Waals surface area contributed by atoms with Crippen molar-refractivity contribution in [3.63, 3.8) is 0 Å². The third kappa shape index (κ3) is 4.70. The highest BCUT2D eigenvalue weighted by atomic mass is 35.5. The lowest BCUT2D eigenvalue weighted by molar-refractivity contribution is 0.0948. The Kier molecular flexibility index (Phi) is 6.80. The Bertz CT molecular complexity index is 330. The number of ether oxygens (including phenoxy) is 1. The number of halogens is 2. The minimum atomic E-state index is -0.127. The summed E-state index contributed by atoms with van der Waals surface area (Å²) in [4.78, 5) is 12.1. The summed E-state index contributed by atoms with van der Waals surface area (Å²) in [6.45, 7) is 1.73. The summed E-state index contributed by atoms with van der Waals surface area (Å²) in [5.41, 5.74) is 0. The van der Waals surface area contributed by atoms with Crippen LogP contribution in [-0.2, 0) is 4.74 Å². The van der Waals surface area contributed by atoms with Crippen molar-refractivity contribution >= 4 is 40.4 Å². The number of rotatable bonds is 7. The maximum absolute atomic E-state index is 11.6. The lowest BCUT2D eigenvalue weighted by Crippen LogP contribution is -2.24. The molecular formula is C10H13Cl2NO2S. The summed E-state index contributed by atoms with van der Waals surface area (Å²) >= 11 is 12.6. The van der Waals surface area contributed by atoms with Gasteiger partial charge in [0.25, 0.3) is 5.91 Å². The van der Waals surface area contributed by atoms with E-state index < -0.39 is 0 Å². The first-order valence-electron chi connectivity index (χ1n) is 4.90. The topological polar surface area (TPSA) is 38.3 Å². The maximum atomic E-state index is 11.6. The fraction of sp³-hybridized carbons (Fsp3) is 0.500. The lowest BCUT2D eigenvalue weighted by Gasteiger charge is -2.04. The highest BCUT2D eigenvalue weighted by Gasteiger charge is 2.10. The van der Waals surface area contributed by atoms with Gasteiger partial charge >= 0.3 is 0 Å². The van der Waals surface area contributed by atoms with Crippen molar-refractivity contribution in [3.05, 3.63) is 21.3 Å². The largest absolute Gasteiger partial charge is 0.380 e. The molecule has 0 spiro atoms. The number of hydrogen-bond acceptors (Lipinski definition) is 3. The molecule has 0 fully saturated rings. The minimum absolute atomic E-state index is 0.127. The van der Waals surface area contributed by atoms with Crippen molar-refractivity contribution in [2.75, 3.05) is 25.6 Å². The van der Waals surface area contributed by atoms with Crippen molar-refractivity contribution in [1.29, 1.82) is 0 Å². The van der Waals surface area contributed by atoms with Gasteiger partial charge in [0.05, 0.1) is 11.6 Å². The molecule has 0 radical (unpaired) electrons. The number of carbonyl (C=O) groups is 1. The Morgan fingerprint density at radius 2 is 2.31 bits per heavy atom. The summed E-state index contributed by atoms with van der Waals surface area (Å²) in [5.74, 6) is 0.370. The zero-order chi connectivity index (χ0) is 11.8. The van der Waals surface area contributed by atoms with Crippen LogP contribution in [0.3, 0.4) is 0 Å². The molecule has 0 saturated carbocycles. The minimum Gasteiger partial charge on any atom is -0.380 e. The van der Waals surface area contributed by atoms with Crippen LogP contribution in [0, 0.1) is 0 Å². The molecule has 1 heterocycles. The highest BCUT2D eigenvalue weighted by Crippen LogP contribution is 2.21. The van der Waals surface area contributed by atoms with Gasteiger partial charge in [0.15, 0.2) is 0 Å². The molecule has 0 atom stereocenters. The summed E-state index contributed by atoms with van der Waals surface area (Å²) in [6.07, 6.45) is 0.769. The molecule has 1 amide bonds. The summed E-state index contributed by atoms with van der Waals surface area (Å²) in [7, 11) is 0. The first kappa shape index (κ1) is 13.8. The quantitative estimate of drug-likeness (QED) is 0.617. The number of hydrogen-bond donors (Lipinski definition) is 1. The molecule has 6 heteroatoms. The Labute approximate surface area is 109 Å². The van der Waals surface area contributed by atoms with Crippen molar-refractivity contribution in [3.8, 4) is 0 Å². The molecule has 1 aromatic heterocycles. The van der Waals surface area contributed by atoms with Crippen LogP contribution in [0.2, 0.25) is 5.02 Å². The fourth-order valence-corrected chi connectivity index (χ4v) is 2.24. The van der Waals surface area contributed by atoms with E-state index in [1.807, 2.05) is 0 Å². The van der Waals surface area contributed by atoms with Crippen LogP contribution in [-0.4, -0.2) is 31.5 Å². The first-order valence-corrected chi connectivity index (χ1v) is 6.70. The average Bonchev–Trinajstić information content (AvgIpc) is 2.69. The summed E-state index contributed by atoms with van der Waals surface area (Å²) < 4.78 is 5.17. The Morgan fingerprint density at radius 1 is 1.50 bits per heavy atom. The maximum Gasteiger partial charge on any atom is 0.262 e. The van der Waals surface area contributed by atoms with Gasteiger partial charge in [-0.2, -0.15) is 0 Å². The molecule has 90 valence electrons. The number of thiophene rings is 1. The predicted molar refractivity (Wildman–Crippen MR) is 67.8 cm³/mol. The first-order chi connectivity index (χ1) is 7.75. The zero-order valence-corrected chi connectivity index (χ0v) is 11.0. The molecular weight excluding hydrogens is 269 g/mol. The van der Waals surface area contributed by atoms with Crippen molar-refractivity contribution < 1.29 is 9.53 Å². The van der Waals surface area contributed by atoms with Gasteiger partial charge in [-0.3, -0.25) is 4.79 Å². The molecule has 1 rings (SSSR count). The van der Waals surface area contributed by atoms with E-state index in [0.717, 1.165) is 6.42 Å². The molecule has 0 unspecified atom stereocenters. The van der Waals surface area contributed by atoms with E-state index in [1.165, 1.54) is 11.3 Å². The average molecular weight is 282 g/mol. The highest BCUT2D eigenvalue weighted by molar-refractivity contribution is 7.12. The standard InChI is InChI=1S/C10H13Cl2NO2S/c11-3-6-15-5-1-4-13-10(14)9-8(12)2-7-16-9/h2,7H,1,3-6H2,(H,13,14). The van der Waals surface area contributed by atoms with E-state index >= 15 is 0 Å². The van der Waals surface area contributed by atoms with Crippen LogP contribution < -0.4 is 5.32 Å². The monoisotopic (exact) mass is 281 g/mol. The van der Waals surface area contributed by atoms with Gasteiger partial charge in [0, 0.05) is 19.0 Å². The van der Waals surface area contributed by atoms with E-state index in [9.17, 15) is 4.79 Å². The van der Waals surface area contributed by atoms with Crippen molar-refractivity contribution in [2.45, 2.75) is 6.42 Å².